The number of hydrogen-bond donors (Lipinski definition) is 0. The van der Waals surface area contributed by atoms with Gasteiger partial charge in [-0.25, -0.2) is 0 Å². The molecule has 35 heavy (non-hydrogen) atoms. The molecule has 0 aromatic heterocycles. The molecule has 1 heterocycles. The van der Waals surface area contributed by atoms with Crippen LogP contribution in [0.15, 0.2) is 60.7 Å². The van der Waals surface area contributed by atoms with Crippen molar-refractivity contribution in [3.63, 3.8) is 0 Å². The Morgan fingerprint density at radius 1 is 0.857 bits per heavy atom. The lowest BCUT2D eigenvalue weighted by Gasteiger charge is -2.28. The van der Waals surface area contributed by atoms with E-state index in [-0.39, 0.29) is 18.3 Å². The van der Waals surface area contributed by atoms with Crippen LogP contribution in [-0.4, -0.2) is 29.9 Å². The number of nitrogens with zero attached hydrogens (tertiary/aromatic N) is 1. The van der Waals surface area contributed by atoms with Crippen LogP contribution in [0.4, 0.5) is 0 Å². The first kappa shape index (κ1) is 26.5. The lowest BCUT2D eigenvalue weighted by molar-refractivity contribution is -0.134. The van der Waals surface area contributed by atoms with Crippen molar-refractivity contribution < 1.29 is 19.1 Å². The molecule has 3 aromatic carbocycles. The van der Waals surface area contributed by atoms with E-state index in [1.54, 1.807) is 0 Å². The van der Waals surface area contributed by atoms with Crippen LogP contribution < -0.4 is 9.47 Å². The molecule has 0 amide bonds. The van der Waals surface area contributed by atoms with Crippen LogP contribution in [0.25, 0.3) is 0 Å². The monoisotopic (exact) mass is 493 g/mol. The Kier molecular flexibility index (Phi) is 8.71. The number of hydrogen-bond acceptors (Lipinski definition) is 5. The van der Waals surface area contributed by atoms with Gasteiger partial charge < -0.3 is 9.47 Å². The number of fused-ring (bicyclic) bond motifs is 1. The van der Waals surface area contributed by atoms with Crippen molar-refractivity contribution in [2.24, 2.45) is 0 Å². The molecular weight excluding hydrogens is 462 g/mol. The van der Waals surface area contributed by atoms with Crippen LogP contribution in [0.1, 0.15) is 53.1 Å². The summed E-state index contributed by atoms with van der Waals surface area (Å²) in [5, 5.41) is 0. The van der Waals surface area contributed by atoms with E-state index in [1.165, 1.54) is 25.0 Å². The Morgan fingerprint density at radius 2 is 1.40 bits per heavy atom. The summed E-state index contributed by atoms with van der Waals surface area (Å²) >= 11 is 0. The molecule has 0 fully saturated rings. The van der Waals surface area contributed by atoms with Gasteiger partial charge in [-0.15, -0.1) is 12.4 Å². The van der Waals surface area contributed by atoms with Crippen LogP contribution in [0, 0.1) is 13.8 Å². The van der Waals surface area contributed by atoms with E-state index in [0.717, 1.165) is 48.3 Å². The fraction of sp³-hybridized carbons (Fsp3) is 0.310. The van der Waals surface area contributed by atoms with Gasteiger partial charge in [0.2, 0.25) is 0 Å². The van der Waals surface area contributed by atoms with Crippen molar-refractivity contribution in [3.8, 4) is 11.5 Å². The Balaban J connectivity index is 0.00000342. The minimum atomic E-state index is -0.438. The molecule has 1 aliphatic heterocycles. The minimum absolute atomic E-state index is 0. The van der Waals surface area contributed by atoms with Gasteiger partial charge in [-0.3, -0.25) is 14.5 Å². The standard InChI is InChI=1S/C29H31NO4.ClH/c1-19-25-15-16-30(17-23-11-7-5-8-12-23)18-26(24-13-9-6-10-14-24)27(25)20(2)29(34-22(4)32)28(19)33-21(3)31;/h5-14,26H,15-18H2,1-4H3;1H. The van der Waals surface area contributed by atoms with Gasteiger partial charge in [0.25, 0.3) is 0 Å². The Hall–Kier alpha value is -3.15. The van der Waals surface area contributed by atoms with E-state index in [1.807, 2.05) is 26.0 Å². The van der Waals surface area contributed by atoms with Crippen LogP contribution in [-0.2, 0) is 22.6 Å². The fourth-order valence-corrected chi connectivity index (χ4v) is 5.01. The molecule has 0 N–H and O–H groups in total. The van der Waals surface area contributed by atoms with Gasteiger partial charge in [0.15, 0.2) is 11.5 Å². The molecule has 0 radical (unpaired) electrons. The van der Waals surface area contributed by atoms with Crippen LogP contribution >= 0.6 is 12.4 Å². The first-order chi connectivity index (χ1) is 16.3. The average Bonchev–Trinajstić information content (AvgIpc) is 3.01. The highest BCUT2D eigenvalue weighted by Crippen LogP contribution is 2.45. The third-order valence-electron chi connectivity index (χ3n) is 6.48. The zero-order valence-corrected chi connectivity index (χ0v) is 21.5. The highest BCUT2D eigenvalue weighted by Gasteiger charge is 2.32. The van der Waals surface area contributed by atoms with Crippen LogP contribution in [0.3, 0.4) is 0 Å². The summed E-state index contributed by atoms with van der Waals surface area (Å²) in [7, 11) is 0. The van der Waals surface area contributed by atoms with Crippen molar-refractivity contribution in [1.29, 1.82) is 0 Å². The smallest absolute Gasteiger partial charge is 0.308 e. The van der Waals surface area contributed by atoms with E-state index in [2.05, 4.69) is 53.4 Å². The topological polar surface area (TPSA) is 55.8 Å². The lowest BCUT2D eigenvalue weighted by Crippen LogP contribution is -2.28. The number of carbonyl (C=O) groups excluding carboxylic acids is 2. The molecule has 184 valence electrons. The number of esters is 2. The average molecular weight is 494 g/mol. The highest BCUT2D eigenvalue weighted by atomic mass is 35.5. The molecule has 0 saturated heterocycles. The Bertz CT molecular complexity index is 1190. The molecule has 3 aromatic rings. The predicted octanol–water partition coefficient (Wildman–Crippen LogP) is 5.77. The highest BCUT2D eigenvalue weighted by molar-refractivity contribution is 5.85. The van der Waals surface area contributed by atoms with Crippen molar-refractivity contribution in [2.75, 3.05) is 13.1 Å². The summed E-state index contributed by atoms with van der Waals surface area (Å²) in [5.74, 6) is -0.0957. The fourth-order valence-electron chi connectivity index (χ4n) is 5.01. The van der Waals surface area contributed by atoms with E-state index in [9.17, 15) is 9.59 Å². The van der Waals surface area contributed by atoms with Gasteiger partial charge in [0.05, 0.1) is 0 Å². The number of rotatable bonds is 5. The third-order valence-corrected chi connectivity index (χ3v) is 6.48. The van der Waals surface area contributed by atoms with E-state index < -0.39 is 11.9 Å². The summed E-state index contributed by atoms with van der Waals surface area (Å²) in [4.78, 5) is 26.4. The molecular formula is C29H32ClNO4. The molecule has 4 rings (SSSR count). The van der Waals surface area contributed by atoms with E-state index in [0.29, 0.717) is 11.5 Å². The maximum atomic E-state index is 12.0. The van der Waals surface area contributed by atoms with E-state index in [4.69, 9.17) is 9.47 Å². The summed E-state index contributed by atoms with van der Waals surface area (Å²) in [5.41, 5.74) is 6.51. The normalized spacial score (nSPS) is 15.4. The van der Waals surface area contributed by atoms with E-state index >= 15 is 0 Å². The summed E-state index contributed by atoms with van der Waals surface area (Å²) in [6.07, 6.45) is 0.812. The summed E-state index contributed by atoms with van der Waals surface area (Å²) in [6, 6.07) is 20.9. The first-order valence-electron chi connectivity index (χ1n) is 11.7. The molecule has 0 aliphatic carbocycles. The second-order valence-electron chi connectivity index (χ2n) is 8.92. The van der Waals surface area contributed by atoms with Gasteiger partial charge in [-0.1, -0.05) is 60.7 Å². The second kappa shape index (κ2) is 11.5. The molecule has 0 spiro atoms. The number of halogens is 1. The van der Waals surface area contributed by atoms with Gasteiger partial charge in [0, 0.05) is 39.4 Å². The van der Waals surface area contributed by atoms with Crippen LogP contribution in [0.5, 0.6) is 11.5 Å². The molecule has 1 unspecified atom stereocenters. The molecule has 6 heteroatoms. The largest absolute Gasteiger partial charge is 0.422 e. The quantitative estimate of drug-likeness (QED) is 0.334. The lowest BCUT2D eigenvalue weighted by atomic mass is 9.82. The predicted molar refractivity (Wildman–Crippen MR) is 139 cm³/mol. The molecule has 0 bridgehead atoms. The summed E-state index contributed by atoms with van der Waals surface area (Å²) in [6.45, 7) is 9.21. The Labute approximate surface area is 213 Å². The van der Waals surface area contributed by atoms with Crippen molar-refractivity contribution in [1.82, 2.24) is 4.90 Å². The molecule has 0 saturated carbocycles. The van der Waals surface area contributed by atoms with Crippen molar-refractivity contribution >= 4 is 24.3 Å². The van der Waals surface area contributed by atoms with Gasteiger partial charge in [-0.05, 0) is 53.6 Å². The summed E-state index contributed by atoms with van der Waals surface area (Å²) < 4.78 is 11.2. The third kappa shape index (κ3) is 5.92. The maximum Gasteiger partial charge on any atom is 0.308 e. The maximum absolute atomic E-state index is 12.0. The first-order valence-corrected chi connectivity index (χ1v) is 11.7. The minimum Gasteiger partial charge on any atom is -0.422 e. The Morgan fingerprint density at radius 3 is 1.97 bits per heavy atom. The SMILES string of the molecule is CC(=O)Oc1c(C)c2c(c(C)c1OC(C)=O)C(c1ccccc1)CN(Cc1ccccc1)CC2.Cl. The number of carbonyl (C=O) groups is 2. The number of benzene rings is 3. The molecule has 1 aliphatic rings. The van der Waals surface area contributed by atoms with Crippen molar-refractivity contribution in [2.45, 2.75) is 46.6 Å². The zero-order chi connectivity index (χ0) is 24.2. The van der Waals surface area contributed by atoms with Gasteiger partial charge in [0.1, 0.15) is 0 Å². The van der Waals surface area contributed by atoms with Gasteiger partial charge in [-0.2, -0.15) is 0 Å². The van der Waals surface area contributed by atoms with Gasteiger partial charge >= 0.3 is 11.9 Å². The molecule has 1 atom stereocenters. The second-order valence-corrected chi connectivity index (χ2v) is 8.92. The number of ether oxygens (including phenoxy) is 2. The van der Waals surface area contributed by atoms with Crippen LogP contribution in [0.2, 0.25) is 0 Å². The zero-order valence-electron chi connectivity index (χ0n) is 20.7. The van der Waals surface area contributed by atoms with Crippen molar-refractivity contribution in [3.05, 3.63) is 94.0 Å². The molecule has 5 nitrogen and oxygen atoms in total.